The van der Waals surface area contributed by atoms with E-state index in [1.807, 2.05) is 6.92 Å². The number of carbonyl (C=O) groups is 2. The van der Waals surface area contributed by atoms with Crippen LogP contribution in [-0.4, -0.2) is 11.9 Å². The predicted octanol–water partition coefficient (Wildman–Crippen LogP) is 4.58. The number of amides is 1. The molecular formula is C20H18F3NO3. The van der Waals surface area contributed by atoms with Gasteiger partial charge in [0.15, 0.2) is 0 Å². The highest BCUT2D eigenvalue weighted by molar-refractivity contribution is 5.96. The maximum absolute atomic E-state index is 12.9. The Kier molecular flexibility index (Phi) is 5.21. The van der Waals surface area contributed by atoms with Crippen LogP contribution >= 0.6 is 0 Å². The van der Waals surface area contributed by atoms with Crippen LogP contribution in [0.25, 0.3) is 0 Å². The van der Waals surface area contributed by atoms with E-state index in [1.54, 1.807) is 30.3 Å². The van der Waals surface area contributed by atoms with Crippen LogP contribution in [0.15, 0.2) is 54.6 Å². The molecule has 3 atom stereocenters. The number of carbonyl (C=O) groups excluding carboxylic acids is 2. The van der Waals surface area contributed by atoms with Crippen molar-refractivity contribution in [2.24, 2.45) is 11.8 Å². The average Bonchev–Trinajstić information content (AvgIpc) is 3.36. The van der Waals surface area contributed by atoms with Crippen molar-refractivity contribution in [1.29, 1.82) is 0 Å². The molecule has 1 N–H and O–H groups in total. The minimum absolute atomic E-state index is 0.0217. The summed E-state index contributed by atoms with van der Waals surface area (Å²) in [4.78, 5) is 24.9. The maximum Gasteiger partial charge on any atom is 0.416 e. The summed E-state index contributed by atoms with van der Waals surface area (Å²) >= 11 is 0. The second-order valence-electron chi connectivity index (χ2n) is 6.61. The molecule has 1 aliphatic rings. The molecule has 4 nitrogen and oxygen atoms in total. The summed E-state index contributed by atoms with van der Waals surface area (Å²) in [6, 6.07) is 12.7. The normalized spacial score (nSPS) is 19.9. The first-order valence-electron chi connectivity index (χ1n) is 8.49. The van der Waals surface area contributed by atoms with Gasteiger partial charge in [-0.3, -0.25) is 9.59 Å². The molecule has 1 aliphatic carbocycles. The summed E-state index contributed by atoms with van der Waals surface area (Å²) in [5.74, 6) is -1.21. The second-order valence-corrected chi connectivity index (χ2v) is 6.61. The van der Waals surface area contributed by atoms with Crippen LogP contribution in [0.4, 0.5) is 18.9 Å². The van der Waals surface area contributed by atoms with E-state index in [2.05, 4.69) is 5.32 Å². The monoisotopic (exact) mass is 377 g/mol. The van der Waals surface area contributed by atoms with Crippen LogP contribution < -0.4 is 5.32 Å². The van der Waals surface area contributed by atoms with E-state index in [-0.39, 0.29) is 17.5 Å². The van der Waals surface area contributed by atoms with Crippen molar-refractivity contribution in [3.8, 4) is 0 Å². The lowest BCUT2D eigenvalue weighted by molar-refractivity contribution is -0.156. The summed E-state index contributed by atoms with van der Waals surface area (Å²) < 4.78 is 43.9. The summed E-state index contributed by atoms with van der Waals surface area (Å²) in [7, 11) is 0. The molecule has 3 unspecified atom stereocenters. The minimum atomic E-state index is -4.52. The molecule has 0 saturated heterocycles. The molecule has 0 heterocycles. The first-order chi connectivity index (χ1) is 12.8. The molecular weight excluding hydrogens is 359 g/mol. The standard InChI is InChI=1S/C20H18F3NO3/c1-12-10-16(12)19(26)27-17(13-6-3-2-4-7-13)18(25)24-15-9-5-8-14(11-15)20(21,22)23/h2-9,11-12,16-17H,10H2,1H3,(H,24,25). The van der Waals surface area contributed by atoms with E-state index < -0.39 is 29.7 Å². The van der Waals surface area contributed by atoms with Crippen LogP contribution in [0, 0.1) is 11.8 Å². The van der Waals surface area contributed by atoms with Crippen LogP contribution in [0.5, 0.6) is 0 Å². The third-order valence-electron chi connectivity index (χ3n) is 4.44. The molecule has 0 bridgehead atoms. The van der Waals surface area contributed by atoms with E-state index in [0.717, 1.165) is 12.1 Å². The lowest BCUT2D eigenvalue weighted by Crippen LogP contribution is -2.26. The molecule has 1 amide bonds. The first kappa shape index (κ1) is 18.9. The van der Waals surface area contributed by atoms with Crippen LogP contribution in [0.2, 0.25) is 0 Å². The molecule has 142 valence electrons. The lowest BCUT2D eigenvalue weighted by atomic mass is 10.1. The maximum atomic E-state index is 12.9. The van der Waals surface area contributed by atoms with E-state index in [9.17, 15) is 22.8 Å². The van der Waals surface area contributed by atoms with E-state index in [1.165, 1.54) is 12.1 Å². The van der Waals surface area contributed by atoms with Gasteiger partial charge >= 0.3 is 12.1 Å². The van der Waals surface area contributed by atoms with Crippen molar-refractivity contribution in [3.63, 3.8) is 0 Å². The van der Waals surface area contributed by atoms with Crippen LogP contribution in [0.3, 0.4) is 0 Å². The van der Waals surface area contributed by atoms with Gasteiger partial charge in [-0.05, 0) is 30.5 Å². The number of anilines is 1. The molecule has 1 fully saturated rings. The zero-order chi connectivity index (χ0) is 19.6. The highest BCUT2D eigenvalue weighted by Crippen LogP contribution is 2.40. The zero-order valence-electron chi connectivity index (χ0n) is 14.5. The topological polar surface area (TPSA) is 55.4 Å². The van der Waals surface area contributed by atoms with E-state index in [4.69, 9.17) is 4.74 Å². The average molecular weight is 377 g/mol. The summed E-state index contributed by atoms with van der Waals surface area (Å²) in [5, 5.41) is 2.41. The van der Waals surface area contributed by atoms with Gasteiger partial charge < -0.3 is 10.1 Å². The Morgan fingerprint density at radius 1 is 1.11 bits per heavy atom. The molecule has 7 heteroatoms. The smallest absolute Gasteiger partial charge is 0.416 e. The fourth-order valence-electron chi connectivity index (χ4n) is 2.74. The quantitative estimate of drug-likeness (QED) is 0.776. The van der Waals surface area contributed by atoms with Crippen molar-refractivity contribution in [3.05, 3.63) is 65.7 Å². The third-order valence-corrected chi connectivity index (χ3v) is 4.44. The van der Waals surface area contributed by atoms with Crippen molar-refractivity contribution in [2.75, 3.05) is 5.32 Å². The van der Waals surface area contributed by atoms with Gasteiger partial charge in [-0.1, -0.05) is 43.3 Å². The second kappa shape index (κ2) is 7.42. The van der Waals surface area contributed by atoms with Crippen LogP contribution in [-0.2, 0) is 20.5 Å². The molecule has 0 radical (unpaired) electrons. The van der Waals surface area contributed by atoms with Gasteiger partial charge in [0.2, 0.25) is 6.10 Å². The van der Waals surface area contributed by atoms with Crippen molar-refractivity contribution in [2.45, 2.75) is 25.6 Å². The van der Waals surface area contributed by atoms with Gasteiger partial charge in [-0.2, -0.15) is 13.2 Å². The van der Waals surface area contributed by atoms with E-state index >= 15 is 0 Å². The van der Waals surface area contributed by atoms with Crippen molar-refractivity contribution in [1.82, 2.24) is 0 Å². The Bertz CT molecular complexity index is 836. The van der Waals surface area contributed by atoms with E-state index in [0.29, 0.717) is 12.0 Å². The molecule has 0 spiro atoms. The van der Waals surface area contributed by atoms with Gasteiger partial charge in [0.05, 0.1) is 11.5 Å². The number of hydrogen-bond donors (Lipinski definition) is 1. The molecule has 2 aromatic carbocycles. The van der Waals surface area contributed by atoms with Crippen LogP contribution in [0.1, 0.15) is 30.6 Å². The van der Waals surface area contributed by atoms with Crippen molar-refractivity contribution >= 4 is 17.6 Å². The largest absolute Gasteiger partial charge is 0.447 e. The van der Waals surface area contributed by atoms with Gasteiger partial charge in [-0.15, -0.1) is 0 Å². The highest BCUT2D eigenvalue weighted by atomic mass is 19.4. The highest BCUT2D eigenvalue weighted by Gasteiger charge is 2.42. The number of rotatable bonds is 5. The number of esters is 1. The Morgan fingerprint density at radius 3 is 2.37 bits per heavy atom. The lowest BCUT2D eigenvalue weighted by Gasteiger charge is -2.18. The number of hydrogen-bond acceptors (Lipinski definition) is 3. The third kappa shape index (κ3) is 4.67. The Labute approximate surface area is 154 Å². The summed E-state index contributed by atoms with van der Waals surface area (Å²) in [5.41, 5.74) is -0.449. The number of halogens is 3. The fraction of sp³-hybridized carbons (Fsp3) is 0.300. The van der Waals surface area contributed by atoms with Gasteiger partial charge in [0.1, 0.15) is 0 Å². The summed E-state index contributed by atoms with van der Waals surface area (Å²) in [6.45, 7) is 1.91. The Morgan fingerprint density at radius 2 is 1.78 bits per heavy atom. The SMILES string of the molecule is CC1CC1C(=O)OC(C(=O)Nc1cccc(C(F)(F)F)c1)c1ccccc1. The molecule has 0 aromatic heterocycles. The molecule has 27 heavy (non-hydrogen) atoms. The fourth-order valence-corrected chi connectivity index (χ4v) is 2.74. The Balaban J connectivity index is 1.80. The summed E-state index contributed by atoms with van der Waals surface area (Å²) in [6.07, 6.45) is -5.05. The Hall–Kier alpha value is -2.83. The first-order valence-corrected chi connectivity index (χ1v) is 8.49. The number of alkyl halides is 3. The number of benzene rings is 2. The molecule has 2 aromatic rings. The zero-order valence-corrected chi connectivity index (χ0v) is 14.5. The molecule has 0 aliphatic heterocycles. The van der Waals surface area contributed by atoms with Gasteiger partial charge in [0.25, 0.3) is 5.91 Å². The number of nitrogens with one attached hydrogen (secondary N) is 1. The molecule has 1 saturated carbocycles. The van der Waals surface area contributed by atoms with Gasteiger partial charge in [-0.25, -0.2) is 0 Å². The van der Waals surface area contributed by atoms with Crippen molar-refractivity contribution < 1.29 is 27.5 Å². The predicted molar refractivity (Wildman–Crippen MR) is 92.6 cm³/mol. The van der Waals surface area contributed by atoms with Gasteiger partial charge in [0, 0.05) is 11.3 Å². The number of ether oxygens (including phenoxy) is 1. The molecule has 3 rings (SSSR count). The minimum Gasteiger partial charge on any atom is -0.447 e.